The Hall–Kier alpha value is -1.75. The number of methoxy groups -OCH3 is 2. The van der Waals surface area contributed by atoms with Crippen molar-refractivity contribution in [2.24, 2.45) is 0 Å². The van der Waals surface area contributed by atoms with Crippen molar-refractivity contribution in [1.82, 2.24) is 9.80 Å². The Bertz CT molecular complexity index is 490. The lowest BCUT2D eigenvalue weighted by molar-refractivity contribution is -0.130. The largest absolute Gasteiger partial charge is 0.497 e. The van der Waals surface area contributed by atoms with E-state index in [1.807, 2.05) is 23.1 Å². The van der Waals surface area contributed by atoms with Crippen LogP contribution in [0.1, 0.15) is 12.0 Å². The van der Waals surface area contributed by atoms with Gasteiger partial charge in [0.05, 0.1) is 20.6 Å². The van der Waals surface area contributed by atoms with Gasteiger partial charge >= 0.3 is 0 Å². The zero-order chi connectivity index (χ0) is 15.2. The molecule has 116 valence electrons. The minimum Gasteiger partial charge on any atom is -0.497 e. The highest BCUT2D eigenvalue weighted by atomic mass is 16.5. The Labute approximate surface area is 126 Å². The van der Waals surface area contributed by atoms with Gasteiger partial charge in [-0.05, 0) is 26.1 Å². The van der Waals surface area contributed by atoms with Crippen LogP contribution in [-0.4, -0.2) is 63.2 Å². The molecule has 0 spiro atoms. The van der Waals surface area contributed by atoms with Gasteiger partial charge in [-0.1, -0.05) is 6.07 Å². The molecule has 1 aromatic rings. The van der Waals surface area contributed by atoms with Crippen molar-refractivity contribution in [3.8, 4) is 11.5 Å². The highest BCUT2D eigenvalue weighted by molar-refractivity contribution is 5.79. The van der Waals surface area contributed by atoms with E-state index < -0.39 is 0 Å². The normalized spacial score (nSPS) is 16.4. The highest BCUT2D eigenvalue weighted by Crippen LogP contribution is 2.25. The van der Waals surface area contributed by atoms with Crippen LogP contribution in [0.25, 0.3) is 0 Å². The van der Waals surface area contributed by atoms with Gasteiger partial charge in [0.25, 0.3) is 0 Å². The van der Waals surface area contributed by atoms with E-state index >= 15 is 0 Å². The van der Waals surface area contributed by atoms with Crippen molar-refractivity contribution in [2.45, 2.75) is 12.8 Å². The maximum Gasteiger partial charge on any atom is 0.227 e. The number of carbonyl (C=O) groups is 1. The molecule has 1 saturated heterocycles. The first-order chi connectivity index (χ1) is 10.1. The van der Waals surface area contributed by atoms with Gasteiger partial charge in [-0.2, -0.15) is 0 Å². The van der Waals surface area contributed by atoms with E-state index in [4.69, 9.17) is 9.47 Å². The molecular weight excluding hydrogens is 268 g/mol. The number of hydrogen-bond acceptors (Lipinski definition) is 4. The average Bonchev–Trinajstić information content (AvgIpc) is 2.72. The fourth-order valence-electron chi connectivity index (χ4n) is 2.57. The molecule has 1 fully saturated rings. The summed E-state index contributed by atoms with van der Waals surface area (Å²) in [5.74, 6) is 1.60. The summed E-state index contributed by atoms with van der Waals surface area (Å²) in [5.41, 5.74) is 0.904. The molecule has 5 heteroatoms. The Kier molecular flexibility index (Phi) is 5.44. The van der Waals surface area contributed by atoms with Crippen molar-refractivity contribution in [3.63, 3.8) is 0 Å². The Morgan fingerprint density at radius 2 is 1.95 bits per heavy atom. The van der Waals surface area contributed by atoms with Gasteiger partial charge in [0.15, 0.2) is 0 Å². The van der Waals surface area contributed by atoms with Crippen LogP contribution in [0.4, 0.5) is 0 Å². The number of ether oxygens (including phenoxy) is 2. The lowest BCUT2D eigenvalue weighted by atomic mass is 10.1. The smallest absolute Gasteiger partial charge is 0.227 e. The number of benzene rings is 1. The zero-order valence-electron chi connectivity index (χ0n) is 13.1. The van der Waals surface area contributed by atoms with Gasteiger partial charge < -0.3 is 19.3 Å². The molecule has 0 aromatic heterocycles. The standard InChI is InChI=1S/C16H24N2O3/c1-17-7-4-8-18(10-9-17)16(19)11-13-5-6-14(20-2)12-15(13)21-3/h5-6,12H,4,7-11H2,1-3H3. The van der Waals surface area contributed by atoms with Gasteiger partial charge in [0.1, 0.15) is 11.5 Å². The number of likely N-dealkylation sites (N-methyl/N-ethyl adjacent to an activating group) is 1. The molecule has 0 bridgehead atoms. The number of hydrogen-bond donors (Lipinski definition) is 0. The summed E-state index contributed by atoms with van der Waals surface area (Å²) < 4.78 is 10.5. The van der Waals surface area contributed by atoms with Crippen LogP contribution < -0.4 is 9.47 Å². The van der Waals surface area contributed by atoms with Gasteiger partial charge in [-0.15, -0.1) is 0 Å². The first-order valence-electron chi connectivity index (χ1n) is 7.31. The summed E-state index contributed by atoms with van der Waals surface area (Å²) in [4.78, 5) is 16.7. The topological polar surface area (TPSA) is 42.0 Å². The molecule has 1 amide bonds. The van der Waals surface area contributed by atoms with Crippen LogP contribution in [-0.2, 0) is 11.2 Å². The van der Waals surface area contributed by atoms with Crippen molar-refractivity contribution in [3.05, 3.63) is 23.8 Å². The summed E-state index contributed by atoms with van der Waals surface area (Å²) in [7, 11) is 5.33. The molecule has 0 unspecified atom stereocenters. The molecule has 5 nitrogen and oxygen atoms in total. The van der Waals surface area contributed by atoms with E-state index in [2.05, 4.69) is 11.9 Å². The zero-order valence-corrected chi connectivity index (χ0v) is 13.1. The van der Waals surface area contributed by atoms with Crippen LogP contribution in [0.3, 0.4) is 0 Å². The Morgan fingerprint density at radius 3 is 2.67 bits per heavy atom. The van der Waals surface area contributed by atoms with E-state index in [1.165, 1.54) is 0 Å². The van der Waals surface area contributed by atoms with Crippen LogP contribution >= 0.6 is 0 Å². The number of amides is 1. The van der Waals surface area contributed by atoms with Crippen molar-refractivity contribution in [1.29, 1.82) is 0 Å². The molecule has 1 heterocycles. The predicted molar refractivity (Wildman–Crippen MR) is 81.9 cm³/mol. The molecule has 0 radical (unpaired) electrons. The monoisotopic (exact) mass is 292 g/mol. The SMILES string of the molecule is COc1ccc(CC(=O)N2CCCN(C)CC2)c(OC)c1. The fraction of sp³-hybridized carbons (Fsp3) is 0.562. The van der Waals surface area contributed by atoms with Crippen molar-refractivity contribution >= 4 is 5.91 Å². The summed E-state index contributed by atoms with van der Waals surface area (Å²) in [6.45, 7) is 3.62. The van der Waals surface area contributed by atoms with Crippen LogP contribution in [0.2, 0.25) is 0 Å². The minimum absolute atomic E-state index is 0.161. The number of carbonyl (C=O) groups excluding carboxylic acids is 1. The number of nitrogens with zero attached hydrogens (tertiary/aromatic N) is 2. The fourth-order valence-corrected chi connectivity index (χ4v) is 2.57. The second kappa shape index (κ2) is 7.31. The van der Waals surface area contributed by atoms with Gasteiger partial charge in [-0.25, -0.2) is 0 Å². The molecule has 1 aliphatic heterocycles. The number of rotatable bonds is 4. The molecule has 21 heavy (non-hydrogen) atoms. The minimum atomic E-state index is 0.161. The van der Waals surface area contributed by atoms with Crippen LogP contribution in [0.15, 0.2) is 18.2 Å². The van der Waals surface area contributed by atoms with E-state index in [9.17, 15) is 4.79 Å². The third-order valence-electron chi connectivity index (χ3n) is 3.91. The Morgan fingerprint density at radius 1 is 1.14 bits per heavy atom. The van der Waals surface area contributed by atoms with Gasteiger partial charge in [-0.3, -0.25) is 4.79 Å². The van der Waals surface area contributed by atoms with Crippen LogP contribution in [0, 0.1) is 0 Å². The van der Waals surface area contributed by atoms with Crippen molar-refractivity contribution < 1.29 is 14.3 Å². The molecule has 1 aromatic carbocycles. The second-order valence-electron chi connectivity index (χ2n) is 5.39. The summed E-state index contributed by atoms with van der Waals surface area (Å²) >= 11 is 0. The summed E-state index contributed by atoms with van der Waals surface area (Å²) in [6, 6.07) is 5.58. The lowest BCUT2D eigenvalue weighted by Gasteiger charge is -2.21. The third kappa shape index (κ3) is 4.11. The average molecular weight is 292 g/mol. The van der Waals surface area contributed by atoms with E-state index in [0.717, 1.165) is 43.9 Å². The molecule has 0 atom stereocenters. The summed E-state index contributed by atoms with van der Waals surface area (Å²) in [5, 5.41) is 0. The molecular formula is C16H24N2O3. The Balaban J connectivity index is 2.05. The van der Waals surface area contributed by atoms with Gasteiger partial charge in [0, 0.05) is 31.3 Å². The van der Waals surface area contributed by atoms with Crippen LogP contribution in [0.5, 0.6) is 11.5 Å². The second-order valence-corrected chi connectivity index (χ2v) is 5.39. The molecule has 0 aliphatic carbocycles. The lowest BCUT2D eigenvalue weighted by Crippen LogP contribution is -2.35. The summed E-state index contributed by atoms with van der Waals surface area (Å²) in [6.07, 6.45) is 1.40. The maximum absolute atomic E-state index is 12.5. The molecule has 1 aliphatic rings. The first kappa shape index (κ1) is 15.6. The third-order valence-corrected chi connectivity index (χ3v) is 3.91. The van der Waals surface area contributed by atoms with Gasteiger partial charge in [0.2, 0.25) is 5.91 Å². The van der Waals surface area contributed by atoms with Crippen molar-refractivity contribution in [2.75, 3.05) is 47.4 Å². The maximum atomic E-state index is 12.5. The predicted octanol–water partition coefficient (Wildman–Crippen LogP) is 1.41. The van der Waals surface area contributed by atoms with E-state index in [-0.39, 0.29) is 5.91 Å². The quantitative estimate of drug-likeness (QED) is 0.841. The molecule has 0 N–H and O–H groups in total. The molecule has 2 rings (SSSR count). The van der Waals surface area contributed by atoms with E-state index in [0.29, 0.717) is 12.2 Å². The van der Waals surface area contributed by atoms with E-state index in [1.54, 1.807) is 14.2 Å². The molecule has 0 saturated carbocycles. The highest BCUT2D eigenvalue weighted by Gasteiger charge is 2.19. The first-order valence-corrected chi connectivity index (χ1v) is 7.31.